The summed E-state index contributed by atoms with van der Waals surface area (Å²) in [5, 5.41) is 9.12. The molecule has 33 heavy (non-hydrogen) atoms. The molecule has 0 aliphatic heterocycles. The molecule has 1 N–H and O–H groups in total. The molecule has 0 saturated carbocycles. The molecule has 0 spiro atoms. The van der Waals surface area contributed by atoms with Gasteiger partial charge in [0.25, 0.3) is 10.0 Å². The first-order chi connectivity index (χ1) is 15.8. The molecule has 3 aromatic heterocycles. The van der Waals surface area contributed by atoms with E-state index in [0.29, 0.717) is 28.3 Å². The van der Waals surface area contributed by atoms with Gasteiger partial charge in [-0.05, 0) is 38.1 Å². The number of carbonyl (C=O) groups excluding carboxylic acids is 1. The number of sulfonamides is 1. The number of hydrogen-bond donors (Lipinski definition) is 1. The fourth-order valence-corrected chi connectivity index (χ4v) is 4.44. The van der Waals surface area contributed by atoms with Gasteiger partial charge in [0.2, 0.25) is 0 Å². The van der Waals surface area contributed by atoms with E-state index in [2.05, 4.69) is 19.9 Å². The molecule has 0 atom stereocenters. The molecule has 0 saturated heterocycles. The number of aryl methyl sites for hydroxylation is 1. The Morgan fingerprint density at radius 1 is 1.12 bits per heavy atom. The first kappa shape index (κ1) is 22.3. The van der Waals surface area contributed by atoms with Crippen LogP contribution in [0, 0.1) is 6.92 Å². The molecule has 0 fully saturated rings. The van der Waals surface area contributed by atoms with E-state index >= 15 is 0 Å². The molecule has 4 aromatic rings. The molecule has 0 unspecified atom stereocenters. The number of aromatic nitrogens is 5. The van der Waals surface area contributed by atoms with Crippen LogP contribution in [0.5, 0.6) is 5.75 Å². The van der Waals surface area contributed by atoms with Crippen LogP contribution in [-0.4, -0.2) is 52.6 Å². The minimum atomic E-state index is -3.99. The monoisotopic (exact) mass is 470 g/mol. The standard InChI is InChI=1S/C21H22N6O5S/c1-5-32-21(28)16-12-24-27(13(16)2)18-9-7-15(11-22-18)33(29,30)25-19-17(31-4)8-6-14-10-23-26(3)20(14)19/h6-12,25H,5H2,1-4H3. The van der Waals surface area contributed by atoms with E-state index in [9.17, 15) is 13.2 Å². The number of esters is 1. The van der Waals surface area contributed by atoms with E-state index < -0.39 is 16.0 Å². The Morgan fingerprint density at radius 3 is 2.58 bits per heavy atom. The number of hydrogen-bond acceptors (Lipinski definition) is 8. The van der Waals surface area contributed by atoms with Crippen LogP contribution >= 0.6 is 0 Å². The topological polar surface area (TPSA) is 130 Å². The lowest BCUT2D eigenvalue weighted by molar-refractivity contribution is 0.0525. The summed E-state index contributed by atoms with van der Waals surface area (Å²) in [5.41, 5.74) is 1.71. The van der Waals surface area contributed by atoms with Gasteiger partial charge in [0.05, 0.1) is 37.3 Å². The van der Waals surface area contributed by atoms with Gasteiger partial charge in [-0.25, -0.2) is 22.9 Å². The van der Waals surface area contributed by atoms with E-state index in [1.165, 1.54) is 36.3 Å². The van der Waals surface area contributed by atoms with E-state index in [4.69, 9.17) is 9.47 Å². The van der Waals surface area contributed by atoms with Crippen LogP contribution in [0.3, 0.4) is 0 Å². The lowest BCUT2D eigenvalue weighted by Crippen LogP contribution is -2.15. The zero-order valence-electron chi connectivity index (χ0n) is 18.4. The SMILES string of the molecule is CCOC(=O)c1cnn(-c2ccc(S(=O)(=O)Nc3c(OC)ccc4cnn(C)c34)cn2)c1C. The molecule has 0 bridgehead atoms. The Labute approximate surface area is 190 Å². The lowest BCUT2D eigenvalue weighted by Gasteiger charge is -2.14. The Bertz CT molecular complexity index is 1440. The number of benzene rings is 1. The number of ether oxygens (including phenoxy) is 2. The predicted octanol–water partition coefficient (Wildman–Crippen LogP) is 2.45. The van der Waals surface area contributed by atoms with Gasteiger partial charge in [-0.2, -0.15) is 10.2 Å². The van der Waals surface area contributed by atoms with Crippen molar-refractivity contribution in [1.29, 1.82) is 0 Å². The van der Waals surface area contributed by atoms with Crippen LogP contribution in [0.2, 0.25) is 0 Å². The van der Waals surface area contributed by atoms with Crippen molar-refractivity contribution >= 4 is 32.6 Å². The van der Waals surface area contributed by atoms with Crippen molar-refractivity contribution < 1.29 is 22.7 Å². The third-order valence-corrected chi connectivity index (χ3v) is 6.41. The summed E-state index contributed by atoms with van der Waals surface area (Å²) in [6, 6.07) is 6.38. The van der Waals surface area contributed by atoms with Crippen LogP contribution in [0.1, 0.15) is 23.0 Å². The van der Waals surface area contributed by atoms with Gasteiger partial charge in [0.15, 0.2) is 5.82 Å². The minimum Gasteiger partial charge on any atom is -0.494 e. The highest BCUT2D eigenvalue weighted by Gasteiger charge is 2.22. The fraction of sp³-hybridized carbons (Fsp3) is 0.238. The van der Waals surface area contributed by atoms with Gasteiger partial charge in [-0.3, -0.25) is 9.40 Å². The minimum absolute atomic E-state index is 0.0529. The molecule has 0 aliphatic rings. The van der Waals surface area contributed by atoms with Gasteiger partial charge >= 0.3 is 5.97 Å². The highest BCUT2D eigenvalue weighted by Crippen LogP contribution is 2.34. The van der Waals surface area contributed by atoms with Crippen molar-refractivity contribution in [3.63, 3.8) is 0 Å². The van der Waals surface area contributed by atoms with E-state index in [0.717, 1.165) is 5.39 Å². The number of nitrogens with zero attached hydrogens (tertiary/aromatic N) is 5. The van der Waals surface area contributed by atoms with Gasteiger partial charge < -0.3 is 9.47 Å². The van der Waals surface area contributed by atoms with Crippen molar-refractivity contribution in [3.05, 3.63) is 54.1 Å². The summed E-state index contributed by atoms with van der Waals surface area (Å²) in [5.74, 6) is 0.231. The smallest absolute Gasteiger partial charge is 0.341 e. The summed E-state index contributed by atoms with van der Waals surface area (Å²) < 4.78 is 42.2. The van der Waals surface area contributed by atoms with E-state index in [1.807, 2.05) is 0 Å². The zero-order chi connectivity index (χ0) is 23.8. The number of carbonyl (C=O) groups is 1. The molecule has 11 nitrogen and oxygen atoms in total. The maximum Gasteiger partial charge on any atom is 0.341 e. The zero-order valence-corrected chi connectivity index (χ0v) is 19.3. The molecule has 4 rings (SSSR count). The van der Waals surface area contributed by atoms with Crippen molar-refractivity contribution in [1.82, 2.24) is 24.5 Å². The summed E-state index contributed by atoms with van der Waals surface area (Å²) in [7, 11) is -0.818. The summed E-state index contributed by atoms with van der Waals surface area (Å²) in [4.78, 5) is 16.2. The molecule has 172 valence electrons. The van der Waals surface area contributed by atoms with Crippen LogP contribution in [0.4, 0.5) is 5.69 Å². The molecule has 0 radical (unpaired) electrons. The lowest BCUT2D eigenvalue weighted by atomic mass is 10.2. The quantitative estimate of drug-likeness (QED) is 0.408. The largest absolute Gasteiger partial charge is 0.494 e. The third-order valence-electron chi connectivity index (χ3n) is 5.07. The highest BCUT2D eigenvalue weighted by atomic mass is 32.2. The molecule has 12 heteroatoms. The number of rotatable bonds is 7. The summed E-state index contributed by atoms with van der Waals surface area (Å²) in [6.45, 7) is 3.67. The van der Waals surface area contributed by atoms with E-state index in [1.54, 1.807) is 43.9 Å². The first-order valence-electron chi connectivity index (χ1n) is 9.96. The van der Waals surface area contributed by atoms with Gasteiger partial charge in [-0.1, -0.05) is 0 Å². The van der Waals surface area contributed by atoms with Gasteiger partial charge in [0.1, 0.15) is 21.9 Å². The molecule has 0 amide bonds. The Hall–Kier alpha value is -3.93. The molecular formula is C21H22N6O5S. The fourth-order valence-electron chi connectivity index (χ4n) is 3.42. The molecular weight excluding hydrogens is 448 g/mol. The van der Waals surface area contributed by atoms with Crippen LogP contribution in [0.25, 0.3) is 16.7 Å². The molecule has 3 heterocycles. The van der Waals surface area contributed by atoms with Gasteiger partial charge in [-0.15, -0.1) is 0 Å². The van der Waals surface area contributed by atoms with Crippen molar-refractivity contribution in [2.75, 3.05) is 18.4 Å². The second kappa shape index (κ2) is 8.54. The maximum absolute atomic E-state index is 13.1. The third kappa shape index (κ3) is 4.00. The summed E-state index contributed by atoms with van der Waals surface area (Å²) >= 11 is 0. The average molecular weight is 471 g/mol. The van der Waals surface area contributed by atoms with E-state index in [-0.39, 0.29) is 17.2 Å². The number of pyridine rings is 1. The maximum atomic E-state index is 13.1. The molecule has 1 aromatic carbocycles. The van der Waals surface area contributed by atoms with Crippen molar-refractivity contribution in [2.45, 2.75) is 18.7 Å². The Morgan fingerprint density at radius 2 is 1.91 bits per heavy atom. The van der Waals surface area contributed by atoms with Crippen LogP contribution < -0.4 is 9.46 Å². The van der Waals surface area contributed by atoms with Gasteiger partial charge in [0, 0.05) is 18.6 Å². The Balaban J connectivity index is 1.66. The number of nitrogens with one attached hydrogen (secondary N) is 1. The second-order valence-electron chi connectivity index (χ2n) is 7.08. The normalized spacial score (nSPS) is 11.5. The average Bonchev–Trinajstić information content (AvgIpc) is 3.37. The van der Waals surface area contributed by atoms with Crippen LogP contribution in [-0.2, 0) is 21.8 Å². The summed E-state index contributed by atoms with van der Waals surface area (Å²) in [6.07, 6.45) is 4.25. The number of fused-ring (bicyclic) bond motifs is 1. The number of methoxy groups -OCH3 is 1. The predicted molar refractivity (Wildman–Crippen MR) is 120 cm³/mol. The van der Waals surface area contributed by atoms with Crippen LogP contribution in [0.15, 0.2) is 47.8 Å². The Kier molecular flexibility index (Phi) is 5.77. The molecule has 0 aliphatic carbocycles. The van der Waals surface area contributed by atoms with Crippen molar-refractivity contribution in [3.8, 4) is 11.6 Å². The first-order valence-corrected chi connectivity index (χ1v) is 11.4. The number of anilines is 1. The van der Waals surface area contributed by atoms with Crippen molar-refractivity contribution in [2.24, 2.45) is 7.05 Å². The highest BCUT2D eigenvalue weighted by molar-refractivity contribution is 7.92. The second-order valence-corrected chi connectivity index (χ2v) is 8.76.